The minimum atomic E-state index is -1.78. The van der Waals surface area contributed by atoms with Gasteiger partial charge in [0.2, 0.25) is 9.20 Å². The second-order valence-corrected chi connectivity index (χ2v) is 2.81. The van der Waals surface area contributed by atoms with Gasteiger partial charge in [0.1, 0.15) is 0 Å². The standard InChI is InChI=1S/CH6N2OSi2/c1-5-4-6(2)3/h1,6H,2-3H2. The van der Waals surface area contributed by atoms with Crippen molar-refractivity contribution in [3.05, 3.63) is 0 Å². The molecule has 0 aromatic rings. The van der Waals surface area contributed by atoms with Gasteiger partial charge in [-0.15, -0.1) is 6.00 Å². The van der Waals surface area contributed by atoms with Gasteiger partial charge in [-0.2, -0.15) is 0 Å². The van der Waals surface area contributed by atoms with E-state index in [2.05, 4.69) is 4.12 Å². The molecule has 0 saturated carbocycles. The minimum absolute atomic E-state index is 0.0502. The molecule has 0 heterocycles. The zero-order valence-corrected chi connectivity index (χ0v) is 5.37. The fraction of sp³-hybridized carbons (Fsp3) is 0. The lowest BCUT2D eigenvalue weighted by Crippen LogP contribution is -2.39. The molecule has 0 fully saturated rings. The van der Waals surface area contributed by atoms with Crippen LogP contribution in [-0.2, 0) is 4.12 Å². The van der Waals surface area contributed by atoms with Crippen molar-refractivity contribution < 1.29 is 4.12 Å². The predicted molar refractivity (Wildman–Crippen MR) is 27.3 cm³/mol. The van der Waals surface area contributed by atoms with Crippen LogP contribution < -0.4 is 10.8 Å². The monoisotopic (exact) mass is 118 g/mol. The van der Waals surface area contributed by atoms with Crippen LogP contribution in [0.25, 0.3) is 0 Å². The molecule has 0 aliphatic rings. The predicted octanol–water partition coefficient (Wildman–Crippen LogP) is -2.15. The first-order chi connectivity index (χ1) is 2.77. The van der Waals surface area contributed by atoms with Gasteiger partial charge in [-0.3, -0.25) is 0 Å². The first kappa shape index (κ1) is 5.93. The molecular weight excluding hydrogens is 112 g/mol. The summed E-state index contributed by atoms with van der Waals surface area (Å²) in [7, 11) is -1.83. The SMILES string of the molecule is C#[Si]O[SiH](N)N. The molecule has 0 amide bonds. The molecule has 0 aliphatic heterocycles. The fourth-order valence-corrected chi connectivity index (χ4v) is 0.707. The van der Waals surface area contributed by atoms with Crippen LogP contribution in [-0.4, -0.2) is 18.6 Å². The summed E-state index contributed by atoms with van der Waals surface area (Å²) in [6.45, 7) is 0. The lowest BCUT2D eigenvalue weighted by atomic mass is 12.0. The Labute approximate surface area is 40.4 Å². The maximum atomic E-state index is 5.02. The highest BCUT2D eigenvalue weighted by molar-refractivity contribution is 6.49. The van der Waals surface area contributed by atoms with Gasteiger partial charge in [0.05, 0.1) is 0 Å². The Balaban J connectivity index is 2.88. The zero-order valence-electron chi connectivity index (χ0n) is 3.22. The van der Waals surface area contributed by atoms with E-state index in [1.54, 1.807) is 0 Å². The Kier molecular flexibility index (Phi) is 3.10. The number of hydrogen-bond acceptors (Lipinski definition) is 3. The van der Waals surface area contributed by atoms with E-state index >= 15 is 0 Å². The summed E-state index contributed by atoms with van der Waals surface area (Å²) in [6, 6.07) is 4.91. The van der Waals surface area contributed by atoms with E-state index in [1.807, 2.05) is 0 Å². The molecule has 0 aromatic heterocycles. The van der Waals surface area contributed by atoms with Crippen LogP contribution in [0.3, 0.4) is 0 Å². The van der Waals surface area contributed by atoms with Gasteiger partial charge in [-0.05, 0) is 0 Å². The first-order valence-corrected chi connectivity index (χ1v) is 4.19. The van der Waals surface area contributed by atoms with Crippen molar-refractivity contribution in [2.45, 2.75) is 0 Å². The van der Waals surface area contributed by atoms with E-state index in [1.165, 1.54) is 0 Å². The van der Waals surface area contributed by atoms with E-state index in [4.69, 9.17) is 16.8 Å². The van der Waals surface area contributed by atoms with Gasteiger partial charge < -0.3 is 14.9 Å². The third kappa shape index (κ3) is 3.93. The quantitative estimate of drug-likeness (QED) is 0.386. The van der Waals surface area contributed by atoms with E-state index in [0.29, 0.717) is 0 Å². The molecule has 4 N–H and O–H groups in total. The number of rotatable bonds is 1. The molecule has 3 nitrogen and oxygen atoms in total. The van der Waals surface area contributed by atoms with Gasteiger partial charge in [0, 0.05) is 0 Å². The van der Waals surface area contributed by atoms with Crippen molar-refractivity contribution in [3.8, 4) is 6.00 Å². The Morgan fingerprint density at radius 3 is 2.17 bits per heavy atom. The van der Waals surface area contributed by atoms with Crippen LogP contribution in [0.15, 0.2) is 0 Å². The smallest absolute Gasteiger partial charge is 0.386 e. The molecule has 0 atom stereocenters. The van der Waals surface area contributed by atoms with E-state index in [9.17, 15) is 0 Å². The van der Waals surface area contributed by atoms with Crippen LogP contribution in [0.4, 0.5) is 0 Å². The summed E-state index contributed by atoms with van der Waals surface area (Å²) in [5.74, 6) is 0. The fourth-order valence-electron chi connectivity index (χ4n) is 0.0786. The molecule has 0 aliphatic carbocycles. The molecule has 0 spiro atoms. The maximum absolute atomic E-state index is 5.02. The number of hydrogen-bond donors (Lipinski definition) is 2. The summed E-state index contributed by atoms with van der Waals surface area (Å²) in [6.07, 6.45) is 0. The molecule has 5 heteroatoms. The zero-order chi connectivity index (χ0) is 4.99. The van der Waals surface area contributed by atoms with E-state index < -0.39 is 9.36 Å². The molecule has 34 valence electrons. The van der Waals surface area contributed by atoms with E-state index in [0.717, 1.165) is 0 Å². The molecule has 0 unspecified atom stereocenters. The molecule has 6 heavy (non-hydrogen) atoms. The van der Waals surface area contributed by atoms with Crippen LogP contribution in [0, 0.1) is 6.00 Å². The first-order valence-electron chi connectivity index (χ1n) is 1.40. The van der Waals surface area contributed by atoms with Crippen molar-refractivity contribution >= 4 is 18.6 Å². The third-order valence-corrected chi connectivity index (χ3v) is 1.84. The minimum Gasteiger partial charge on any atom is -0.536 e. The van der Waals surface area contributed by atoms with Crippen LogP contribution >= 0.6 is 0 Å². The van der Waals surface area contributed by atoms with Gasteiger partial charge in [-0.1, -0.05) is 0 Å². The summed E-state index contributed by atoms with van der Waals surface area (Å²) < 4.78 is 4.54. The second-order valence-electron chi connectivity index (χ2n) is 0.700. The van der Waals surface area contributed by atoms with Gasteiger partial charge >= 0.3 is 9.36 Å². The van der Waals surface area contributed by atoms with Crippen molar-refractivity contribution in [3.63, 3.8) is 0 Å². The summed E-state index contributed by atoms with van der Waals surface area (Å²) in [4.78, 5) is 0. The average molecular weight is 118 g/mol. The molecule has 0 bridgehead atoms. The Morgan fingerprint density at radius 2 is 2.17 bits per heavy atom. The van der Waals surface area contributed by atoms with Crippen LogP contribution in [0.5, 0.6) is 0 Å². The number of nitrogens with two attached hydrogens (primary N) is 2. The molecule has 0 aromatic carbocycles. The van der Waals surface area contributed by atoms with Crippen molar-refractivity contribution in [2.24, 2.45) is 10.8 Å². The second kappa shape index (κ2) is 3.14. The highest BCUT2D eigenvalue weighted by atomic mass is 28.3. The normalized spacial score (nSPS) is 7.67. The summed E-state index contributed by atoms with van der Waals surface area (Å²) in [5.41, 5.74) is 0. The van der Waals surface area contributed by atoms with Crippen molar-refractivity contribution in [2.75, 3.05) is 0 Å². The Bertz CT molecular complexity index is 66.4. The highest BCUT2D eigenvalue weighted by Gasteiger charge is 1.88. The highest BCUT2D eigenvalue weighted by Crippen LogP contribution is 1.48. The van der Waals surface area contributed by atoms with Gasteiger partial charge in [0.15, 0.2) is 0 Å². The van der Waals surface area contributed by atoms with Crippen LogP contribution in [0.1, 0.15) is 0 Å². The topological polar surface area (TPSA) is 61.3 Å². The summed E-state index contributed by atoms with van der Waals surface area (Å²) >= 11 is 0. The maximum Gasteiger partial charge on any atom is 0.386 e. The van der Waals surface area contributed by atoms with E-state index in [-0.39, 0.29) is 9.20 Å². The van der Waals surface area contributed by atoms with Crippen molar-refractivity contribution in [1.82, 2.24) is 0 Å². The molecular formula is CH6N2OSi2. The Hall–Kier alpha value is -0.0662. The lowest BCUT2D eigenvalue weighted by Gasteiger charge is -1.94. The van der Waals surface area contributed by atoms with Gasteiger partial charge in [0.25, 0.3) is 0 Å². The van der Waals surface area contributed by atoms with Crippen molar-refractivity contribution in [1.29, 1.82) is 0 Å². The summed E-state index contributed by atoms with van der Waals surface area (Å²) in [5, 5.41) is 10.0. The Morgan fingerprint density at radius 1 is 1.67 bits per heavy atom. The largest absolute Gasteiger partial charge is 0.536 e. The average Bonchev–Trinajstić information content (AvgIpc) is 1.35. The molecule has 0 radical (unpaired) electrons. The molecule has 0 saturated heterocycles. The van der Waals surface area contributed by atoms with Crippen LogP contribution in [0.2, 0.25) is 0 Å². The van der Waals surface area contributed by atoms with Gasteiger partial charge in [-0.25, -0.2) is 0 Å². The third-order valence-electron chi connectivity index (χ3n) is 0.204. The lowest BCUT2D eigenvalue weighted by molar-refractivity contribution is 0.630. The molecule has 0 rings (SSSR count).